The highest BCUT2D eigenvalue weighted by Crippen LogP contribution is 2.27. The molecule has 104 valence electrons. The van der Waals surface area contributed by atoms with Gasteiger partial charge in [0, 0.05) is 16.4 Å². The first-order valence-electron chi connectivity index (χ1n) is 5.48. The van der Waals surface area contributed by atoms with Crippen molar-refractivity contribution < 1.29 is 8.42 Å². The van der Waals surface area contributed by atoms with Crippen LogP contribution >= 0.6 is 10.7 Å². The molecule has 0 radical (unpaired) electrons. The molecule has 0 saturated heterocycles. The molecule has 8 heteroatoms. The van der Waals surface area contributed by atoms with E-state index in [1.807, 2.05) is 0 Å². The number of hydrogen-bond acceptors (Lipinski definition) is 6. The van der Waals surface area contributed by atoms with Gasteiger partial charge in [0.2, 0.25) is 0 Å². The predicted molar refractivity (Wildman–Crippen MR) is 78.9 cm³/mol. The van der Waals surface area contributed by atoms with Crippen LogP contribution in [0.2, 0.25) is 0 Å². The average Bonchev–Trinajstić information content (AvgIpc) is 2.37. The summed E-state index contributed by atoms with van der Waals surface area (Å²) in [5.74, 6) is 0. The Labute approximate surface area is 120 Å². The van der Waals surface area contributed by atoms with Crippen molar-refractivity contribution in [3.63, 3.8) is 0 Å². The monoisotopic (exact) mass is 310 g/mol. The molecule has 0 amide bonds. The van der Waals surface area contributed by atoms with Crippen LogP contribution in [0.1, 0.15) is 0 Å². The normalized spacial score (nSPS) is 11.8. The standard InChI is InChI=1S/C12H11ClN4O2S/c13-20(18,19)10-4-2-9(3-5-10)16-17-12-6-1-8(14)7-11(12)15/h1-7H,14-15H2. The Morgan fingerprint density at radius 1 is 0.950 bits per heavy atom. The molecule has 0 fully saturated rings. The van der Waals surface area contributed by atoms with E-state index in [0.717, 1.165) is 0 Å². The predicted octanol–water partition coefficient (Wildman–Crippen LogP) is 3.19. The van der Waals surface area contributed by atoms with Gasteiger partial charge in [0.1, 0.15) is 5.69 Å². The molecule has 0 unspecified atom stereocenters. The maximum Gasteiger partial charge on any atom is 0.261 e. The number of rotatable bonds is 3. The molecule has 6 nitrogen and oxygen atoms in total. The van der Waals surface area contributed by atoms with E-state index in [0.29, 0.717) is 22.7 Å². The first-order chi connectivity index (χ1) is 9.36. The number of nitrogen functional groups attached to an aromatic ring is 2. The van der Waals surface area contributed by atoms with E-state index in [9.17, 15) is 8.42 Å². The molecule has 2 aromatic carbocycles. The summed E-state index contributed by atoms with van der Waals surface area (Å²) in [5, 5.41) is 7.93. The van der Waals surface area contributed by atoms with E-state index in [4.69, 9.17) is 22.1 Å². The van der Waals surface area contributed by atoms with Gasteiger partial charge in [0.15, 0.2) is 0 Å². The quantitative estimate of drug-likeness (QED) is 0.515. The van der Waals surface area contributed by atoms with Crippen molar-refractivity contribution in [3.05, 3.63) is 42.5 Å². The van der Waals surface area contributed by atoms with Crippen LogP contribution in [0.4, 0.5) is 22.7 Å². The van der Waals surface area contributed by atoms with Gasteiger partial charge in [-0.3, -0.25) is 0 Å². The Kier molecular flexibility index (Phi) is 3.91. The van der Waals surface area contributed by atoms with Crippen molar-refractivity contribution in [2.45, 2.75) is 4.90 Å². The number of azo groups is 1. The largest absolute Gasteiger partial charge is 0.399 e. The lowest BCUT2D eigenvalue weighted by Gasteiger charge is -2.00. The number of nitrogens with zero attached hydrogens (tertiary/aromatic N) is 2. The molecule has 2 aromatic rings. The Morgan fingerprint density at radius 2 is 1.60 bits per heavy atom. The third-order valence-electron chi connectivity index (χ3n) is 2.44. The first kappa shape index (κ1) is 14.3. The lowest BCUT2D eigenvalue weighted by molar-refractivity contribution is 0.609. The van der Waals surface area contributed by atoms with E-state index in [2.05, 4.69) is 10.2 Å². The average molecular weight is 311 g/mol. The first-order valence-corrected chi connectivity index (χ1v) is 7.79. The zero-order chi connectivity index (χ0) is 14.8. The fraction of sp³-hybridized carbons (Fsp3) is 0. The van der Waals surface area contributed by atoms with Gasteiger partial charge in [-0.05, 0) is 42.5 Å². The third kappa shape index (κ3) is 3.46. The summed E-state index contributed by atoms with van der Waals surface area (Å²) in [7, 11) is 1.48. The molecule has 4 N–H and O–H groups in total. The maximum absolute atomic E-state index is 11.1. The number of anilines is 2. The van der Waals surface area contributed by atoms with Crippen LogP contribution in [0, 0.1) is 0 Å². The number of hydrogen-bond donors (Lipinski definition) is 2. The summed E-state index contributed by atoms with van der Waals surface area (Å²) in [5.41, 5.74) is 13.2. The SMILES string of the molecule is Nc1ccc(N=Nc2ccc(S(=O)(=O)Cl)cc2)c(N)c1. The zero-order valence-corrected chi connectivity index (χ0v) is 11.8. The minimum absolute atomic E-state index is 0.00474. The Bertz CT molecular complexity index is 758. The number of benzene rings is 2. The van der Waals surface area contributed by atoms with Gasteiger partial charge < -0.3 is 11.5 Å². The summed E-state index contributed by atoms with van der Waals surface area (Å²) in [6.07, 6.45) is 0. The van der Waals surface area contributed by atoms with E-state index in [-0.39, 0.29) is 4.90 Å². The van der Waals surface area contributed by atoms with E-state index < -0.39 is 9.05 Å². The Hall–Kier alpha value is -2.12. The lowest BCUT2D eigenvalue weighted by atomic mass is 10.2. The minimum atomic E-state index is -3.73. The van der Waals surface area contributed by atoms with Crippen molar-refractivity contribution >= 4 is 42.5 Å². The van der Waals surface area contributed by atoms with Gasteiger partial charge in [0.25, 0.3) is 9.05 Å². The zero-order valence-electron chi connectivity index (χ0n) is 10.2. The van der Waals surface area contributed by atoms with Gasteiger partial charge in [-0.15, -0.1) is 5.11 Å². The highest BCUT2D eigenvalue weighted by Gasteiger charge is 2.08. The van der Waals surface area contributed by atoms with E-state index >= 15 is 0 Å². The van der Waals surface area contributed by atoms with Gasteiger partial charge >= 0.3 is 0 Å². The molecule has 0 saturated carbocycles. The van der Waals surface area contributed by atoms with Crippen LogP contribution in [0.15, 0.2) is 57.6 Å². The van der Waals surface area contributed by atoms with Crippen LogP contribution in [-0.2, 0) is 9.05 Å². The van der Waals surface area contributed by atoms with Crippen molar-refractivity contribution in [2.24, 2.45) is 10.2 Å². The van der Waals surface area contributed by atoms with E-state index in [1.165, 1.54) is 24.3 Å². The molecule has 2 rings (SSSR count). The topological polar surface area (TPSA) is 111 Å². The second-order valence-corrected chi connectivity index (χ2v) is 6.52. The lowest BCUT2D eigenvalue weighted by Crippen LogP contribution is -1.89. The molecule has 0 aromatic heterocycles. The van der Waals surface area contributed by atoms with Gasteiger partial charge in [-0.2, -0.15) is 5.11 Å². The highest BCUT2D eigenvalue weighted by molar-refractivity contribution is 8.13. The van der Waals surface area contributed by atoms with Crippen LogP contribution in [0.25, 0.3) is 0 Å². The summed E-state index contributed by atoms with van der Waals surface area (Å²) in [6, 6.07) is 10.6. The summed E-state index contributed by atoms with van der Waals surface area (Å²) in [4.78, 5) is 0.00474. The Balaban J connectivity index is 2.24. The van der Waals surface area contributed by atoms with Gasteiger partial charge in [0.05, 0.1) is 16.3 Å². The summed E-state index contributed by atoms with van der Waals surface area (Å²) < 4.78 is 22.2. The molecular weight excluding hydrogens is 300 g/mol. The second-order valence-electron chi connectivity index (χ2n) is 3.95. The molecule has 0 bridgehead atoms. The smallest absolute Gasteiger partial charge is 0.261 e. The molecule has 0 aliphatic carbocycles. The second kappa shape index (κ2) is 5.48. The van der Waals surface area contributed by atoms with Crippen molar-refractivity contribution in [1.82, 2.24) is 0 Å². The molecule has 20 heavy (non-hydrogen) atoms. The number of halogens is 1. The summed E-state index contributed by atoms with van der Waals surface area (Å²) >= 11 is 0. The van der Waals surface area contributed by atoms with E-state index in [1.54, 1.807) is 18.2 Å². The Morgan fingerprint density at radius 3 is 2.15 bits per heavy atom. The fourth-order valence-corrected chi connectivity index (χ4v) is 2.22. The molecule has 0 aliphatic heterocycles. The molecule has 0 atom stereocenters. The van der Waals surface area contributed by atoms with Crippen LogP contribution in [-0.4, -0.2) is 8.42 Å². The van der Waals surface area contributed by atoms with Crippen LogP contribution < -0.4 is 11.5 Å². The van der Waals surface area contributed by atoms with Crippen molar-refractivity contribution in [2.75, 3.05) is 11.5 Å². The minimum Gasteiger partial charge on any atom is -0.399 e. The number of nitrogens with two attached hydrogens (primary N) is 2. The van der Waals surface area contributed by atoms with Gasteiger partial charge in [-0.1, -0.05) is 0 Å². The van der Waals surface area contributed by atoms with Crippen molar-refractivity contribution in [3.8, 4) is 0 Å². The molecule has 0 heterocycles. The molecular formula is C12H11ClN4O2S. The molecule has 0 spiro atoms. The maximum atomic E-state index is 11.1. The van der Waals surface area contributed by atoms with Crippen molar-refractivity contribution in [1.29, 1.82) is 0 Å². The molecule has 0 aliphatic rings. The van der Waals surface area contributed by atoms with Gasteiger partial charge in [-0.25, -0.2) is 8.42 Å². The highest BCUT2D eigenvalue weighted by atomic mass is 35.7. The van der Waals surface area contributed by atoms with Crippen LogP contribution in [0.3, 0.4) is 0 Å². The summed E-state index contributed by atoms with van der Waals surface area (Å²) in [6.45, 7) is 0. The third-order valence-corrected chi connectivity index (χ3v) is 3.81. The van der Waals surface area contributed by atoms with Crippen LogP contribution in [0.5, 0.6) is 0 Å². The fourth-order valence-electron chi connectivity index (χ4n) is 1.45.